The molecular weight excluding hydrogens is 256 g/mol. The number of hydrogen-bond acceptors (Lipinski definition) is 4. The second kappa shape index (κ2) is 7.36. The predicted molar refractivity (Wildman–Crippen MR) is 76.4 cm³/mol. The first-order valence-corrected chi connectivity index (χ1v) is 7.34. The van der Waals surface area contributed by atoms with Gasteiger partial charge in [0.25, 0.3) is 0 Å². The first-order chi connectivity index (χ1) is 9.36. The topological polar surface area (TPSA) is 80.9 Å². The monoisotopic (exact) mass is 282 g/mol. The summed E-state index contributed by atoms with van der Waals surface area (Å²) in [6, 6.07) is -0.226. The van der Waals surface area contributed by atoms with E-state index >= 15 is 0 Å². The molecule has 0 bridgehead atoms. The van der Waals surface area contributed by atoms with E-state index in [1.807, 2.05) is 20.8 Å². The number of tetrazole rings is 1. The summed E-state index contributed by atoms with van der Waals surface area (Å²) < 4.78 is 1.71. The number of aromatic nitrogens is 4. The van der Waals surface area contributed by atoms with Crippen molar-refractivity contribution in [2.24, 2.45) is 5.41 Å². The molecular formula is C14H26N4O2. The molecule has 0 amide bonds. The van der Waals surface area contributed by atoms with Gasteiger partial charge in [0, 0.05) is 6.42 Å². The van der Waals surface area contributed by atoms with E-state index in [1.165, 1.54) is 12.8 Å². The van der Waals surface area contributed by atoms with Crippen LogP contribution in [0.1, 0.15) is 71.7 Å². The number of unbranched alkanes of at least 4 members (excludes halogenated alkanes) is 3. The molecule has 0 radical (unpaired) electrons. The first kappa shape index (κ1) is 16.6. The molecule has 0 saturated carbocycles. The molecule has 0 saturated heterocycles. The maximum absolute atomic E-state index is 11.1. The van der Waals surface area contributed by atoms with Crippen LogP contribution < -0.4 is 0 Å². The minimum Gasteiger partial charge on any atom is -0.481 e. The molecule has 1 aromatic rings. The minimum atomic E-state index is -0.822. The van der Waals surface area contributed by atoms with Crippen LogP contribution in [0.25, 0.3) is 0 Å². The number of nitrogens with zero attached hydrogens (tertiary/aromatic N) is 4. The summed E-state index contributed by atoms with van der Waals surface area (Å²) in [5, 5.41) is 20.9. The molecule has 0 aliphatic rings. The number of carboxylic acid groups (broad SMARTS) is 1. The maximum atomic E-state index is 11.1. The lowest BCUT2D eigenvalue weighted by molar-refractivity contribution is -0.138. The maximum Gasteiger partial charge on any atom is 0.305 e. The Balaban J connectivity index is 2.81. The average Bonchev–Trinajstić information content (AvgIpc) is 2.78. The second-order valence-electron chi connectivity index (χ2n) is 6.33. The van der Waals surface area contributed by atoms with Crippen LogP contribution in [0.4, 0.5) is 0 Å². The molecule has 1 rings (SSSR count). The Hall–Kier alpha value is -1.46. The zero-order chi connectivity index (χ0) is 15.2. The molecule has 0 aromatic carbocycles. The summed E-state index contributed by atoms with van der Waals surface area (Å²) in [5.41, 5.74) is -0.202. The summed E-state index contributed by atoms with van der Waals surface area (Å²) in [5.74, 6) is -0.0281. The highest BCUT2D eigenvalue weighted by Gasteiger charge is 2.31. The predicted octanol–water partition coefficient (Wildman–Crippen LogP) is 2.86. The SMILES string of the molecule is CCCCCCc1nnnn1C(CC(=O)O)C(C)(C)C. The van der Waals surface area contributed by atoms with Gasteiger partial charge in [0.05, 0.1) is 12.5 Å². The highest BCUT2D eigenvalue weighted by Crippen LogP contribution is 2.33. The molecule has 0 aliphatic heterocycles. The van der Waals surface area contributed by atoms with Gasteiger partial charge in [0.1, 0.15) is 0 Å². The van der Waals surface area contributed by atoms with Crippen LogP contribution in [-0.2, 0) is 11.2 Å². The second-order valence-corrected chi connectivity index (χ2v) is 6.33. The first-order valence-electron chi connectivity index (χ1n) is 7.34. The molecule has 0 aliphatic carbocycles. The van der Waals surface area contributed by atoms with Crippen molar-refractivity contribution in [3.05, 3.63) is 5.82 Å². The molecule has 1 aromatic heterocycles. The standard InChI is InChI=1S/C14H26N4O2/c1-5-6-7-8-9-12-15-16-17-18(12)11(10-13(19)20)14(2,3)4/h11H,5-10H2,1-4H3,(H,19,20). The normalized spacial score (nSPS) is 13.4. The lowest BCUT2D eigenvalue weighted by atomic mass is 9.84. The van der Waals surface area contributed by atoms with Gasteiger partial charge in [-0.1, -0.05) is 47.0 Å². The van der Waals surface area contributed by atoms with Gasteiger partial charge in [0.2, 0.25) is 0 Å². The van der Waals surface area contributed by atoms with Gasteiger partial charge >= 0.3 is 5.97 Å². The van der Waals surface area contributed by atoms with Crippen LogP contribution >= 0.6 is 0 Å². The highest BCUT2D eigenvalue weighted by molar-refractivity contribution is 5.67. The van der Waals surface area contributed by atoms with Crippen molar-refractivity contribution in [3.63, 3.8) is 0 Å². The number of carboxylic acids is 1. The van der Waals surface area contributed by atoms with Crippen LogP contribution in [0.2, 0.25) is 0 Å². The average molecular weight is 282 g/mol. The lowest BCUT2D eigenvalue weighted by Gasteiger charge is -2.29. The van der Waals surface area contributed by atoms with Crippen LogP contribution in [0, 0.1) is 5.41 Å². The van der Waals surface area contributed by atoms with Crippen molar-refractivity contribution in [2.45, 2.75) is 72.3 Å². The molecule has 1 unspecified atom stereocenters. The van der Waals surface area contributed by atoms with Crippen molar-refractivity contribution < 1.29 is 9.90 Å². The molecule has 20 heavy (non-hydrogen) atoms. The van der Waals surface area contributed by atoms with Gasteiger partial charge < -0.3 is 5.11 Å². The molecule has 1 atom stereocenters. The number of hydrogen-bond donors (Lipinski definition) is 1. The summed E-state index contributed by atoms with van der Waals surface area (Å²) in [4.78, 5) is 11.1. The largest absolute Gasteiger partial charge is 0.481 e. The van der Waals surface area contributed by atoms with E-state index in [9.17, 15) is 4.79 Å². The number of aliphatic carboxylic acids is 1. The Bertz CT molecular complexity index is 423. The van der Waals surface area contributed by atoms with Crippen molar-refractivity contribution >= 4 is 5.97 Å². The Morgan fingerprint density at radius 2 is 2.00 bits per heavy atom. The van der Waals surface area contributed by atoms with E-state index in [2.05, 4.69) is 22.4 Å². The van der Waals surface area contributed by atoms with Gasteiger partial charge in [-0.05, 0) is 22.3 Å². The Morgan fingerprint density at radius 1 is 1.30 bits per heavy atom. The third-order valence-corrected chi connectivity index (χ3v) is 3.48. The Morgan fingerprint density at radius 3 is 2.55 bits per heavy atom. The third-order valence-electron chi connectivity index (χ3n) is 3.48. The van der Waals surface area contributed by atoms with Gasteiger partial charge in [-0.15, -0.1) is 5.10 Å². The van der Waals surface area contributed by atoms with Crippen molar-refractivity contribution in [1.29, 1.82) is 0 Å². The zero-order valence-corrected chi connectivity index (χ0v) is 13.0. The summed E-state index contributed by atoms with van der Waals surface area (Å²) in [6.07, 6.45) is 5.43. The van der Waals surface area contributed by atoms with Gasteiger partial charge in [-0.2, -0.15) is 0 Å². The molecule has 0 spiro atoms. The van der Waals surface area contributed by atoms with Crippen molar-refractivity contribution in [3.8, 4) is 0 Å². The molecule has 6 heteroatoms. The van der Waals surface area contributed by atoms with Gasteiger partial charge in [-0.25, -0.2) is 4.68 Å². The van der Waals surface area contributed by atoms with E-state index in [4.69, 9.17) is 5.11 Å². The molecule has 114 valence electrons. The van der Waals surface area contributed by atoms with Crippen molar-refractivity contribution in [1.82, 2.24) is 20.2 Å². The quantitative estimate of drug-likeness (QED) is 0.741. The van der Waals surface area contributed by atoms with Crippen LogP contribution in [0.15, 0.2) is 0 Å². The summed E-state index contributed by atoms with van der Waals surface area (Å²) >= 11 is 0. The van der Waals surface area contributed by atoms with E-state index in [0.29, 0.717) is 0 Å². The third kappa shape index (κ3) is 4.90. The Labute approximate surface area is 120 Å². The number of rotatable bonds is 8. The minimum absolute atomic E-state index is 0.0382. The molecule has 1 N–H and O–H groups in total. The Kier molecular flexibility index (Phi) is 6.10. The van der Waals surface area contributed by atoms with E-state index in [-0.39, 0.29) is 17.9 Å². The number of carbonyl (C=O) groups is 1. The molecule has 1 heterocycles. The van der Waals surface area contributed by atoms with Gasteiger partial charge in [0.15, 0.2) is 5.82 Å². The van der Waals surface area contributed by atoms with E-state index in [1.54, 1.807) is 4.68 Å². The van der Waals surface area contributed by atoms with Gasteiger partial charge in [-0.3, -0.25) is 4.79 Å². The van der Waals surface area contributed by atoms with Crippen LogP contribution in [0.5, 0.6) is 0 Å². The highest BCUT2D eigenvalue weighted by atomic mass is 16.4. The van der Waals surface area contributed by atoms with E-state index < -0.39 is 5.97 Å². The summed E-state index contributed by atoms with van der Waals surface area (Å²) in [7, 11) is 0. The van der Waals surface area contributed by atoms with Crippen LogP contribution in [0.3, 0.4) is 0 Å². The fourth-order valence-corrected chi connectivity index (χ4v) is 2.25. The fraction of sp³-hybridized carbons (Fsp3) is 0.857. The molecule has 6 nitrogen and oxygen atoms in total. The molecule has 0 fully saturated rings. The van der Waals surface area contributed by atoms with Crippen molar-refractivity contribution in [2.75, 3.05) is 0 Å². The zero-order valence-electron chi connectivity index (χ0n) is 13.0. The fourth-order valence-electron chi connectivity index (χ4n) is 2.25. The summed E-state index contributed by atoms with van der Waals surface area (Å²) in [6.45, 7) is 8.22. The number of aryl methyl sites for hydroxylation is 1. The van der Waals surface area contributed by atoms with E-state index in [0.717, 1.165) is 25.1 Å². The smallest absolute Gasteiger partial charge is 0.305 e. The lowest BCUT2D eigenvalue weighted by Crippen LogP contribution is -2.29. The van der Waals surface area contributed by atoms with Crippen LogP contribution in [-0.4, -0.2) is 31.3 Å².